The summed E-state index contributed by atoms with van der Waals surface area (Å²) < 4.78 is 2.40. The van der Waals surface area contributed by atoms with E-state index in [2.05, 4.69) is 65.8 Å². The largest absolute Gasteiger partial charge is 0.346 e. The fourth-order valence-electron chi connectivity index (χ4n) is 2.99. The summed E-state index contributed by atoms with van der Waals surface area (Å²) in [7, 11) is 4.27. The van der Waals surface area contributed by atoms with E-state index in [1.54, 1.807) is 5.56 Å². The Morgan fingerprint density at radius 2 is 2.00 bits per heavy atom. The summed E-state index contributed by atoms with van der Waals surface area (Å²) in [5.41, 5.74) is 2.95. The van der Waals surface area contributed by atoms with E-state index < -0.39 is 0 Å². The van der Waals surface area contributed by atoms with Gasteiger partial charge in [-0.1, -0.05) is 12.1 Å². The number of fused-ring (bicyclic) bond motifs is 1. The molecule has 1 aliphatic rings. The summed E-state index contributed by atoms with van der Waals surface area (Å²) >= 11 is 2.10. The van der Waals surface area contributed by atoms with Crippen molar-refractivity contribution in [3.8, 4) is 0 Å². The minimum Gasteiger partial charge on any atom is -0.346 e. The lowest BCUT2D eigenvalue weighted by Gasteiger charge is -2.22. The van der Waals surface area contributed by atoms with Crippen LogP contribution in [0.1, 0.15) is 24.3 Å². The van der Waals surface area contributed by atoms with Gasteiger partial charge in [0.1, 0.15) is 0 Å². The standard InChI is InChI=1S/C17H24N2S/c1-18(2)9-10-19-8-5-15-3-4-16(13-17(15)19)14-6-11-20-12-7-14/h3-5,8,13-14H,6-7,9-12H2,1-2H3. The monoisotopic (exact) mass is 288 g/mol. The third kappa shape index (κ3) is 3.04. The number of hydrogen-bond acceptors (Lipinski definition) is 2. The van der Waals surface area contributed by atoms with E-state index in [-0.39, 0.29) is 0 Å². The molecular formula is C17H24N2S. The molecule has 0 aliphatic carbocycles. The molecule has 108 valence electrons. The molecule has 2 aromatic rings. The molecule has 0 spiro atoms. The molecule has 2 nitrogen and oxygen atoms in total. The molecule has 1 saturated heterocycles. The van der Waals surface area contributed by atoms with E-state index in [9.17, 15) is 0 Å². The molecule has 0 saturated carbocycles. The van der Waals surface area contributed by atoms with Gasteiger partial charge in [-0.25, -0.2) is 0 Å². The third-order valence-electron chi connectivity index (χ3n) is 4.28. The molecule has 0 bridgehead atoms. The van der Waals surface area contributed by atoms with E-state index in [1.807, 2.05) is 0 Å². The zero-order chi connectivity index (χ0) is 13.9. The molecule has 0 radical (unpaired) electrons. The van der Waals surface area contributed by atoms with Crippen molar-refractivity contribution >= 4 is 22.7 Å². The first kappa shape index (κ1) is 14.0. The van der Waals surface area contributed by atoms with E-state index in [1.165, 1.54) is 35.3 Å². The summed E-state index contributed by atoms with van der Waals surface area (Å²) in [6.07, 6.45) is 4.91. The van der Waals surface area contributed by atoms with Gasteiger partial charge in [-0.05, 0) is 67.4 Å². The van der Waals surface area contributed by atoms with Crippen molar-refractivity contribution in [2.45, 2.75) is 25.3 Å². The van der Waals surface area contributed by atoms with Crippen LogP contribution < -0.4 is 0 Å². The number of rotatable bonds is 4. The zero-order valence-corrected chi connectivity index (χ0v) is 13.3. The van der Waals surface area contributed by atoms with Gasteiger partial charge in [-0.3, -0.25) is 0 Å². The van der Waals surface area contributed by atoms with Gasteiger partial charge < -0.3 is 9.47 Å². The Morgan fingerprint density at radius 3 is 2.75 bits per heavy atom. The number of benzene rings is 1. The van der Waals surface area contributed by atoms with Gasteiger partial charge in [0.05, 0.1) is 0 Å². The Labute approximate surface area is 126 Å². The first-order chi connectivity index (χ1) is 9.74. The smallest absolute Gasteiger partial charge is 0.0483 e. The van der Waals surface area contributed by atoms with Gasteiger partial charge in [-0.15, -0.1) is 0 Å². The van der Waals surface area contributed by atoms with Crippen molar-refractivity contribution in [3.63, 3.8) is 0 Å². The van der Waals surface area contributed by atoms with Crippen LogP contribution in [0.15, 0.2) is 30.5 Å². The Kier molecular flexibility index (Phi) is 4.37. The van der Waals surface area contributed by atoms with Crippen LogP contribution in [0.25, 0.3) is 10.9 Å². The molecule has 0 amide bonds. The molecule has 20 heavy (non-hydrogen) atoms. The first-order valence-electron chi connectivity index (χ1n) is 7.55. The summed E-state index contributed by atoms with van der Waals surface area (Å²) in [4.78, 5) is 2.24. The zero-order valence-electron chi connectivity index (χ0n) is 12.5. The number of thioether (sulfide) groups is 1. The predicted molar refractivity (Wildman–Crippen MR) is 89.8 cm³/mol. The van der Waals surface area contributed by atoms with Crippen LogP contribution >= 0.6 is 11.8 Å². The Hall–Kier alpha value is -0.930. The minimum atomic E-state index is 0.776. The maximum Gasteiger partial charge on any atom is 0.0483 e. The predicted octanol–water partition coefficient (Wildman–Crippen LogP) is 3.81. The first-order valence-corrected chi connectivity index (χ1v) is 8.71. The molecule has 2 heterocycles. The molecule has 0 unspecified atom stereocenters. The molecule has 1 aromatic carbocycles. The second-order valence-electron chi connectivity index (χ2n) is 6.02. The topological polar surface area (TPSA) is 8.17 Å². The number of likely N-dealkylation sites (N-methyl/N-ethyl adjacent to an activating group) is 1. The summed E-state index contributed by atoms with van der Waals surface area (Å²) in [6, 6.07) is 9.33. The van der Waals surface area contributed by atoms with Gasteiger partial charge in [0.15, 0.2) is 0 Å². The van der Waals surface area contributed by atoms with Gasteiger partial charge >= 0.3 is 0 Å². The van der Waals surface area contributed by atoms with Crippen molar-refractivity contribution in [3.05, 3.63) is 36.0 Å². The van der Waals surface area contributed by atoms with Crippen LogP contribution in [0.2, 0.25) is 0 Å². The van der Waals surface area contributed by atoms with Crippen LogP contribution in [0, 0.1) is 0 Å². The van der Waals surface area contributed by atoms with Gasteiger partial charge in [0, 0.05) is 24.8 Å². The lowest BCUT2D eigenvalue weighted by Crippen LogP contribution is -2.18. The van der Waals surface area contributed by atoms with Crippen molar-refractivity contribution in [2.24, 2.45) is 0 Å². The lowest BCUT2D eigenvalue weighted by atomic mass is 9.93. The van der Waals surface area contributed by atoms with E-state index in [0.29, 0.717) is 0 Å². The SMILES string of the molecule is CN(C)CCn1ccc2ccc(C3CCSCC3)cc21. The van der Waals surface area contributed by atoms with E-state index >= 15 is 0 Å². The fraction of sp³-hybridized carbons (Fsp3) is 0.529. The molecule has 3 rings (SSSR count). The van der Waals surface area contributed by atoms with Gasteiger partial charge in [-0.2, -0.15) is 11.8 Å². The van der Waals surface area contributed by atoms with Crippen LogP contribution in [-0.4, -0.2) is 41.6 Å². The van der Waals surface area contributed by atoms with E-state index in [4.69, 9.17) is 0 Å². The highest BCUT2D eigenvalue weighted by Crippen LogP contribution is 2.33. The Balaban J connectivity index is 1.86. The van der Waals surface area contributed by atoms with Crippen LogP contribution in [0.4, 0.5) is 0 Å². The normalized spacial score (nSPS) is 17.1. The van der Waals surface area contributed by atoms with Gasteiger partial charge in [0.2, 0.25) is 0 Å². The van der Waals surface area contributed by atoms with Gasteiger partial charge in [0.25, 0.3) is 0 Å². The Bertz CT molecular complexity index is 567. The number of aromatic nitrogens is 1. The molecule has 1 fully saturated rings. The van der Waals surface area contributed by atoms with Crippen LogP contribution in [0.5, 0.6) is 0 Å². The highest BCUT2D eigenvalue weighted by atomic mass is 32.2. The van der Waals surface area contributed by atoms with Crippen molar-refractivity contribution in [2.75, 3.05) is 32.1 Å². The lowest BCUT2D eigenvalue weighted by molar-refractivity contribution is 0.387. The maximum absolute atomic E-state index is 2.44. The number of nitrogens with zero attached hydrogens (tertiary/aromatic N) is 2. The second-order valence-corrected chi connectivity index (χ2v) is 7.24. The minimum absolute atomic E-state index is 0.776. The molecule has 0 atom stereocenters. The molecular weight excluding hydrogens is 264 g/mol. The molecule has 1 aliphatic heterocycles. The quantitative estimate of drug-likeness (QED) is 0.845. The molecule has 1 aromatic heterocycles. The van der Waals surface area contributed by atoms with Crippen LogP contribution in [0.3, 0.4) is 0 Å². The second kappa shape index (κ2) is 6.23. The van der Waals surface area contributed by atoms with Crippen molar-refractivity contribution in [1.82, 2.24) is 9.47 Å². The maximum atomic E-state index is 2.44. The van der Waals surface area contributed by atoms with Crippen molar-refractivity contribution < 1.29 is 0 Å². The molecule has 3 heteroatoms. The molecule has 0 N–H and O–H groups in total. The van der Waals surface area contributed by atoms with E-state index in [0.717, 1.165) is 19.0 Å². The number of hydrogen-bond donors (Lipinski definition) is 0. The summed E-state index contributed by atoms with van der Waals surface area (Å²) in [6.45, 7) is 2.16. The average molecular weight is 288 g/mol. The Morgan fingerprint density at radius 1 is 1.20 bits per heavy atom. The summed E-state index contributed by atoms with van der Waals surface area (Å²) in [5, 5.41) is 1.37. The fourth-order valence-corrected chi connectivity index (χ4v) is 4.10. The summed E-state index contributed by atoms with van der Waals surface area (Å²) in [5.74, 6) is 3.42. The highest BCUT2D eigenvalue weighted by Gasteiger charge is 2.16. The average Bonchev–Trinajstić information content (AvgIpc) is 2.88. The highest BCUT2D eigenvalue weighted by molar-refractivity contribution is 7.99. The third-order valence-corrected chi connectivity index (χ3v) is 5.33. The van der Waals surface area contributed by atoms with Crippen molar-refractivity contribution in [1.29, 1.82) is 0 Å². The van der Waals surface area contributed by atoms with Crippen LogP contribution in [-0.2, 0) is 6.54 Å².